The first-order valence-corrected chi connectivity index (χ1v) is 9.73. The summed E-state index contributed by atoms with van der Waals surface area (Å²) < 4.78 is 6.36. The third-order valence-electron chi connectivity index (χ3n) is 4.38. The number of nitrogens with zero attached hydrogens (tertiary/aromatic N) is 3. The topological polar surface area (TPSA) is 62.7 Å². The van der Waals surface area contributed by atoms with Gasteiger partial charge in [0.05, 0.1) is 11.8 Å². The van der Waals surface area contributed by atoms with Crippen molar-refractivity contribution < 1.29 is 14.3 Å². The van der Waals surface area contributed by atoms with Crippen molar-refractivity contribution in [2.24, 2.45) is 0 Å². The van der Waals surface area contributed by atoms with E-state index >= 15 is 0 Å². The number of para-hydroxylation sites is 1. The van der Waals surface area contributed by atoms with Gasteiger partial charge in [-0.25, -0.2) is 4.98 Å². The highest BCUT2D eigenvalue weighted by atomic mass is 35.5. The van der Waals surface area contributed by atoms with Crippen LogP contribution in [0.2, 0.25) is 0 Å². The zero-order valence-corrected chi connectivity index (χ0v) is 18.5. The summed E-state index contributed by atoms with van der Waals surface area (Å²) in [6.07, 6.45) is 0. The Morgan fingerprint density at radius 2 is 1.69 bits per heavy atom. The van der Waals surface area contributed by atoms with Crippen LogP contribution in [0.1, 0.15) is 27.6 Å². The number of carbonyl (C=O) groups is 2. The van der Waals surface area contributed by atoms with Crippen LogP contribution in [0.15, 0.2) is 42.5 Å². The fraction of sp³-hybridized carbons (Fsp3) is 0.286. The van der Waals surface area contributed by atoms with Crippen LogP contribution in [0.5, 0.6) is 5.75 Å². The van der Waals surface area contributed by atoms with Crippen LogP contribution >= 0.6 is 23.7 Å². The largest absolute Gasteiger partial charge is 0.494 e. The number of Topliss-reactive ketones (excluding diaryl/α,β-unsaturated/α-hetero) is 1. The van der Waals surface area contributed by atoms with Crippen molar-refractivity contribution in [1.29, 1.82) is 0 Å². The van der Waals surface area contributed by atoms with Crippen LogP contribution in [0.4, 0.5) is 5.13 Å². The van der Waals surface area contributed by atoms with E-state index in [4.69, 9.17) is 4.74 Å². The number of amides is 1. The minimum Gasteiger partial charge on any atom is -0.494 e. The lowest BCUT2D eigenvalue weighted by Gasteiger charge is -2.22. The Bertz CT molecular complexity index is 1000. The quantitative estimate of drug-likeness (QED) is 0.524. The van der Waals surface area contributed by atoms with E-state index in [1.807, 2.05) is 37.2 Å². The molecule has 1 aromatic heterocycles. The van der Waals surface area contributed by atoms with Crippen molar-refractivity contribution in [3.05, 3.63) is 53.6 Å². The van der Waals surface area contributed by atoms with Crippen LogP contribution < -0.4 is 9.64 Å². The molecule has 0 aliphatic carbocycles. The third-order valence-corrected chi connectivity index (χ3v) is 5.42. The number of aromatic nitrogens is 1. The lowest BCUT2D eigenvalue weighted by molar-refractivity contribution is 0.0981. The summed E-state index contributed by atoms with van der Waals surface area (Å²) in [4.78, 5) is 33.1. The highest BCUT2D eigenvalue weighted by Crippen LogP contribution is 2.34. The SMILES string of the molecule is COc1cccc2sc(N(CCN(C)C)C(=O)c3ccc(C(C)=O)cc3)nc12.Cl. The van der Waals surface area contributed by atoms with Gasteiger partial charge in [-0.3, -0.25) is 14.5 Å². The average molecular weight is 434 g/mol. The van der Waals surface area contributed by atoms with Crippen LogP contribution in [-0.2, 0) is 0 Å². The number of halogens is 1. The van der Waals surface area contributed by atoms with Gasteiger partial charge < -0.3 is 9.64 Å². The van der Waals surface area contributed by atoms with Crippen LogP contribution in [0, 0.1) is 0 Å². The molecule has 2 aromatic carbocycles. The summed E-state index contributed by atoms with van der Waals surface area (Å²) in [7, 11) is 5.54. The standard InChI is InChI=1S/C21H23N3O3S.ClH/c1-14(25)15-8-10-16(11-9-15)20(26)24(13-12-23(2)3)21-22-19-17(27-4)6-5-7-18(19)28-21;/h5-11H,12-13H2,1-4H3;1H. The molecule has 0 N–H and O–H groups in total. The van der Waals surface area contributed by atoms with Crippen LogP contribution in [0.3, 0.4) is 0 Å². The van der Waals surface area contributed by atoms with E-state index in [-0.39, 0.29) is 24.1 Å². The maximum atomic E-state index is 13.2. The van der Waals surface area contributed by atoms with Gasteiger partial charge in [-0.2, -0.15) is 0 Å². The highest BCUT2D eigenvalue weighted by Gasteiger charge is 2.22. The second kappa shape index (κ2) is 9.82. The Kier molecular flexibility index (Phi) is 7.73. The molecule has 3 aromatic rings. The first-order chi connectivity index (χ1) is 13.4. The number of thiazole rings is 1. The number of hydrogen-bond acceptors (Lipinski definition) is 6. The third kappa shape index (κ3) is 5.12. The normalized spacial score (nSPS) is 10.7. The number of rotatable bonds is 7. The van der Waals surface area contributed by atoms with E-state index < -0.39 is 0 Å². The molecule has 154 valence electrons. The Balaban J connectivity index is 0.00000300. The number of hydrogen-bond donors (Lipinski definition) is 0. The molecule has 0 unspecified atom stereocenters. The molecule has 29 heavy (non-hydrogen) atoms. The Morgan fingerprint density at radius 1 is 1.03 bits per heavy atom. The molecule has 6 nitrogen and oxygen atoms in total. The van der Waals surface area contributed by atoms with Crippen LogP contribution in [0.25, 0.3) is 10.2 Å². The van der Waals surface area contributed by atoms with Gasteiger partial charge in [0.2, 0.25) is 0 Å². The van der Waals surface area contributed by atoms with Crippen molar-refractivity contribution >= 4 is 50.8 Å². The van der Waals surface area contributed by atoms with Gasteiger partial charge in [0.1, 0.15) is 11.3 Å². The van der Waals surface area contributed by atoms with Gasteiger partial charge in [0, 0.05) is 24.2 Å². The summed E-state index contributed by atoms with van der Waals surface area (Å²) in [5.41, 5.74) is 1.86. The molecule has 0 radical (unpaired) electrons. The molecule has 0 aliphatic rings. The van der Waals surface area contributed by atoms with Gasteiger partial charge in [-0.1, -0.05) is 29.5 Å². The molecule has 0 saturated carbocycles. The smallest absolute Gasteiger partial charge is 0.260 e. The molecule has 0 bridgehead atoms. The average Bonchev–Trinajstić information content (AvgIpc) is 3.11. The zero-order chi connectivity index (χ0) is 20.3. The molecule has 1 amide bonds. The lowest BCUT2D eigenvalue weighted by Crippen LogP contribution is -2.36. The van der Waals surface area contributed by atoms with Gasteiger partial charge in [-0.05, 0) is 45.3 Å². The van der Waals surface area contributed by atoms with E-state index in [9.17, 15) is 9.59 Å². The molecule has 0 atom stereocenters. The summed E-state index contributed by atoms with van der Waals surface area (Å²) in [5.74, 6) is 0.516. The second-order valence-electron chi connectivity index (χ2n) is 6.70. The minimum absolute atomic E-state index is 0. The number of methoxy groups -OCH3 is 1. The number of benzene rings is 2. The molecule has 0 fully saturated rings. The predicted molar refractivity (Wildman–Crippen MR) is 120 cm³/mol. The zero-order valence-electron chi connectivity index (χ0n) is 16.8. The van der Waals surface area contributed by atoms with Crippen molar-refractivity contribution in [2.45, 2.75) is 6.92 Å². The van der Waals surface area contributed by atoms with Gasteiger partial charge >= 0.3 is 0 Å². The number of ether oxygens (including phenoxy) is 1. The predicted octanol–water partition coefficient (Wildman–Crippen LogP) is 4.14. The number of anilines is 1. The van der Waals surface area contributed by atoms with E-state index in [1.54, 1.807) is 36.3 Å². The van der Waals surface area contributed by atoms with Crippen molar-refractivity contribution in [3.8, 4) is 5.75 Å². The Hall–Kier alpha value is -2.48. The van der Waals surface area contributed by atoms with E-state index in [0.29, 0.717) is 35.1 Å². The lowest BCUT2D eigenvalue weighted by atomic mass is 10.1. The van der Waals surface area contributed by atoms with Crippen molar-refractivity contribution in [2.75, 3.05) is 39.2 Å². The molecule has 0 aliphatic heterocycles. The highest BCUT2D eigenvalue weighted by molar-refractivity contribution is 7.22. The fourth-order valence-corrected chi connectivity index (χ4v) is 3.79. The fourth-order valence-electron chi connectivity index (χ4n) is 2.78. The Morgan fingerprint density at radius 3 is 2.28 bits per heavy atom. The summed E-state index contributed by atoms with van der Waals surface area (Å²) in [5, 5.41) is 0.627. The molecule has 8 heteroatoms. The van der Waals surface area contributed by atoms with Crippen LogP contribution in [-0.4, -0.2) is 55.9 Å². The van der Waals surface area contributed by atoms with Gasteiger partial charge in [0.25, 0.3) is 5.91 Å². The first kappa shape index (κ1) is 22.8. The molecule has 3 rings (SSSR count). The summed E-state index contributed by atoms with van der Waals surface area (Å²) in [6, 6.07) is 12.5. The molecule has 0 saturated heterocycles. The second-order valence-corrected chi connectivity index (χ2v) is 7.71. The van der Waals surface area contributed by atoms with E-state index in [1.165, 1.54) is 18.3 Å². The number of ketones is 1. The number of carbonyl (C=O) groups excluding carboxylic acids is 2. The molecular formula is C21H24ClN3O3S. The van der Waals surface area contributed by atoms with E-state index in [0.717, 1.165) is 10.2 Å². The monoisotopic (exact) mass is 433 g/mol. The van der Waals surface area contributed by atoms with Crippen molar-refractivity contribution in [3.63, 3.8) is 0 Å². The summed E-state index contributed by atoms with van der Waals surface area (Å²) in [6.45, 7) is 2.71. The molecular weight excluding hydrogens is 410 g/mol. The van der Waals surface area contributed by atoms with Gasteiger partial charge in [0.15, 0.2) is 10.9 Å². The molecule has 1 heterocycles. The van der Waals surface area contributed by atoms with Crippen molar-refractivity contribution in [1.82, 2.24) is 9.88 Å². The number of fused-ring (bicyclic) bond motifs is 1. The maximum Gasteiger partial charge on any atom is 0.260 e. The molecule has 0 spiro atoms. The number of likely N-dealkylation sites (N-methyl/N-ethyl adjacent to an activating group) is 1. The Labute approximate surface area is 180 Å². The van der Waals surface area contributed by atoms with E-state index in [2.05, 4.69) is 4.98 Å². The maximum absolute atomic E-state index is 13.2. The van der Waals surface area contributed by atoms with Gasteiger partial charge in [-0.15, -0.1) is 12.4 Å². The summed E-state index contributed by atoms with van der Waals surface area (Å²) >= 11 is 1.46. The first-order valence-electron chi connectivity index (χ1n) is 8.92. The minimum atomic E-state index is -0.144.